The van der Waals surface area contributed by atoms with Crippen molar-refractivity contribution in [1.82, 2.24) is 34.2 Å². The van der Waals surface area contributed by atoms with Crippen LogP contribution in [0.5, 0.6) is 0 Å². The molecule has 4 aromatic heterocycles. The molecule has 0 unspecified atom stereocenters. The molecular formula is C37H48N10O4Si. The minimum absolute atomic E-state index is 0.0217. The Morgan fingerprint density at radius 3 is 2.50 bits per heavy atom. The van der Waals surface area contributed by atoms with Crippen LogP contribution in [0.2, 0.25) is 18.1 Å². The molecule has 3 atom stereocenters. The number of nitrogens with zero attached hydrogens (tertiary/aromatic N) is 8. The summed E-state index contributed by atoms with van der Waals surface area (Å²) in [5.74, 6) is 1.97. The van der Waals surface area contributed by atoms with Crippen LogP contribution in [0.25, 0.3) is 5.65 Å². The summed E-state index contributed by atoms with van der Waals surface area (Å²) in [5, 5.41) is 6.57. The number of hydrogen-bond acceptors (Lipinski definition) is 10. The SMILES string of the molecule is Cc1ccnc([C@H]2C[C@@H]2C(=O)Nc2cc(N[C@H](C)c3cn4cc(C5CC5)cc(N5CC(=O)N(C)C5=O)c4n3)nc(CCO[Si](C)(C)C(C)(C)C)n2)n1. The number of carbonyl (C=O) groups excluding carboxylic acids is 3. The van der Waals surface area contributed by atoms with Crippen LogP contribution in [0.1, 0.15) is 93.4 Å². The summed E-state index contributed by atoms with van der Waals surface area (Å²) in [7, 11) is -0.489. The van der Waals surface area contributed by atoms with E-state index in [2.05, 4.69) is 60.7 Å². The third kappa shape index (κ3) is 7.28. The van der Waals surface area contributed by atoms with Gasteiger partial charge in [-0.1, -0.05) is 20.8 Å². The molecule has 0 spiro atoms. The number of imide groups is 1. The minimum Gasteiger partial charge on any atom is -0.416 e. The Labute approximate surface area is 304 Å². The highest BCUT2D eigenvalue weighted by Crippen LogP contribution is 2.46. The first kappa shape index (κ1) is 35.6. The number of anilines is 3. The van der Waals surface area contributed by atoms with Crippen molar-refractivity contribution in [2.75, 3.05) is 35.7 Å². The van der Waals surface area contributed by atoms with Gasteiger partial charge in [-0.05, 0) is 74.9 Å². The van der Waals surface area contributed by atoms with Crippen molar-refractivity contribution in [3.63, 3.8) is 0 Å². The van der Waals surface area contributed by atoms with Crippen LogP contribution in [-0.4, -0.2) is 80.6 Å². The highest BCUT2D eigenvalue weighted by molar-refractivity contribution is 6.74. The van der Waals surface area contributed by atoms with Gasteiger partial charge in [-0.2, -0.15) is 0 Å². The highest BCUT2D eigenvalue weighted by Gasteiger charge is 2.46. The molecular weight excluding hydrogens is 677 g/mol. The third-order valence-corrected chi connectivity index (χ3v) is 15.3. The topological polar surface area (TPSA) is 160 Å². The van der Waals surface area contributed by atoms with E-state index in [0.717, 1.165) is 34.7 Å². The number of aryl methyl sites for hydroxylation is 1. The van der Waals surface area contributed by atoms with E-state index in [4.69, 9.17) is 19.4 Å². The van der Waals surface area contributed by atoms with E-state index in [1.165, 1.54) is 11.9 Å². The Morgan fingerprint density at radius 2 is 1.83 bits per heavy atom. The largest absolute Gasteiger partial charge is 0.416 e. The van der Waals surface area contributed by atoms with Gasteiger partial charge in [0.25, 0.3) is 0 Å². The van der Waals surface area contributed by atoms with Crippen molar-refractivity contribution in [2.24, 2.45) is 5.92 Å². The molecule has 14 nitrogen and oxygen atoms in total. The second-order valence-corrected chi connectivity index (χ2v) is 20.7. The number of nitrogens with one attached hydrogen (secondary N) is 2. The van der Waals surface area contributed by atoms with E-state index in [-0.39, 0.29) is 47.3 Å². The maximum Gasteiger partial charge on any atom is 0.331 e. The number of amides is 4. The number of fused-ring (bicyclic) bond motifs is 1. The van der Waals surface area contributed by atoms with E-state index in [1.54, 1.807) is 12.3 Å². The molecule has 4 aromatic rings. The zero-order valence-corrected chi connectivity index (χ0v) is 32.2. The molecule has 1 saturated heterocycles. The van der Waals surface area contributed by atoms with Crippen LogP contribution < -0.4 is 15.5 Å². The number of likely N-dealkylation sites (N-methyl/N-ethyl adjacent to an activating group) is 1. The third-order valence-electron chi connectivity index (χ3n) is 10.8. The first-order chi connectivity index (χ1) is 24.6. The van der Waals surface area contributed by atoms with Gasteiger partial charge in [-0.3, -0.25) is 19.4 Å². The van der Waals surface area contributed by atoms with Gasteiger partial charge in [0.2, 0.25) is 11.8 Å². The fourth-order valence-electron chi connectivity index (χ4n) is 6.25. The molecule has 2 N–H and O–H groups in total. The first-order valence-electron chi connectivity index (χ1n) is 18.1. The number of rotatable bonds is 12. The maximum absolute atomic E-state index is 13.4. The molecule has 7 rings (SSSR count). The molecule has 2 saturated carbocycles. The number of urea groups is 1. The van der Waals surface area contributed by atoms with Gasteiger partial charge in [0.05, 0.1) is 17.4 Å². The normalized spacial score (nSPS) is 19.8. The fourth-order valence-corrected chi connectivity index (χ4v) is 7.29. The van der Waals surface area contributed by atoms with Crippen molar-refractivity contribution in [3.05, 3.63) is 65.4 Å². The molecule has 1 aliphatic heterocycles. The van der Waals surface area contributed by atoms with Crippen LogP contribution >= 0.6 is 0 Å². The van der Waals surface area contributed by atoms with Crippen LogP contribution in [0, 0.1) is 12.8 Å². The van der Waals surface area contributed by atoms with Gasteiger partial charge in [0.15, 0.2) is 14.0 Å². The molecule has 274 valence electrons. The van der Waals surface area contributed by atoms with Gasteiger partial charge in [-0.25, -0.2) is 29.7 Å². The fraction of sp³-hybridized carbons (Fsp3) is 0.514. The average Bonchev–Trinajstić information content (AvgIpc) is 4.01. The van der Waals surface area contributed by atoms with E-state index in [9.17, 15) is 14.4 Å². The molecule has 15 heteroatoms. The number of aromatic nitrogens is 6. The lowest BCUT2D eigenvalue weighted by Crippen LogP contribution is -2.41. The molecule has 2 aliphatic carbocycles. The van der Waals surface area contributed by atoms with Crippen molar-refractivity contribution in [2.45, 2.75) is 96.3 Å². The monoisotopic (exact) mass is 724 g/mol. The second-order valence-electron chi connectivity index (χ2n) is 15.9. The quantitative estimate of drug-likeness (QED) is 0.132. The zero-order chi connectivity index (χ0) is 37.1. The van der Waals surface area contributed by atoms with Gasteiger partial charge in [0, 0.05) is 62.3 Å². The zero-order valence-electron chi connectivity index (χ0n) is 31.2. The number of hydrogen-bond donors (Lipinski definition) is 2. The second kappa shape index (κ2) is 13.3. The van der Waals surface area contributed by atoms with Crippen LogP contribution in [0.4, 0.5) is 22.1 Å². The van der Waals surface area contributed by atoms with Crippen LogP contribution in [0.15, 0.2) is 36.8 Å². The summed E-state index contributed by atoms with van der Waals surface area (Å²) in [6.45, 7) is 15.4. The predicted molar refractivity (Wildman–Crippen MR) is 200 cm³/mol. The minimum atomic E-state index is -1.99. The van der Waals surface area contributed by atoms with Crippen molar-refractivity contribution in [1.29, 1.82) is 0 Å². The Kier molecular flexibility index (Phi) is 9.14. The van der Waals surface area contributed by atoms with Gasteiger partial charge < -0.3 is 19.5 Å². The van der Waals surface area contributed by atoms with Gasteiger partial charge in [0.1, 0.15) is 29.8 Å². The molecule has 3 fully saturated rings. The van der Waals surface area contributed by atoms with Crippen molar-refractivity contribution in [3.8, 4) is 0 Å². The number of carbonyl (C=O) groups is 3. The summed E-state index contributed by atoms with van der Waals surface area (Å²) >= 11 is 0. The van der Waals surface area contributed by atoms with Crippen molar-refractivity contribution < 1.29 is 18.8 Å². The predicted octanol–water partition coefficient (Wildman–Crippen LogP) is 5.98. The smallest absolute Gasteiger partial charge is 0.331 e. The summed E-state index contributed by atoms with van der Waals surface area (Å²) in [5.41, 5.74) is 3.94. The summed E-state index contributed by atoms with van der Waals surface area (Å²) in [6.07, 6.45) is 9.09. The Bertz CT molecular complexity index is 2060. The van der Waals surface area contributed by atoms with Gasteiger partial charge >= 0.3 is 6.03 Å². The Balaban J connectivity index is 1.14. The van der Waals surface area contributed by atoms with Gasteiger partial charge in [-0.15, -0.1) is 0 Å². The summed E-state index contributed by atoms with van der Waals surface area (Å²) in [6, 6.07) is 4.92. The molecule has 3 aliphatic rings. The summed E-state index contributed by atoms with van der Waals surface area (Å²) in [4.78, 5) is 65.0. The van der Waals surface area contributed by atoms with E-state index < -0.39 is 8.32 Å². The first-order valence-corrected chi connectivity index (χ1v) is 21.0. The molecule has 0 aromatic carbocycles. The highest BCUT2D eigenvalue weighted by atomic mass is 28.4. The lowest BCUT2D eigenvalue weighted by atomic mass is 10.1. The van der Waals surface area contributed by atoms with Crippen LogP contribution in [0.3, 0.4) is 0 Å². The van der Waals surface area contributed by atoms with E-state index in [0.29, 0.717) is 60.0 Å². The summed E-state index contributed by atoms with van der Waals surface area (Å²) < 4.78 is 8.39. The standard InChI is InChI=1S/C37H48N10O4Si/c1-21-11-13-38-33(39-21)25-16-26(25)35(49)44-31-17-30(42-29(43-31)12-14-51-52(7,8)37(3,4)5)40-22(2)27-19-46-18-24(23-9-10-23)15-28(34(46)41-27)47-20-32(48)45(6)36(47)50/h11,13,15,17-19,22-23,25-26H,9-10,12,14,16,20H2,1-8H3,(H2,40,42,43,44,49)/t22-,25+,26+/m1/s1. The number of pyridine rings is 1. The molecule has 5 heterocycles. The molecule has 4 amide bonds. The molecule has 52 heavy (non-hydrogen) atoms. The number of imidazole rings is 1. The average molecular weight is 725 g/mol. The lowest BCUT2D eigenvalue weighted by molar-refractivity contribution is -0.124. The molecule has 0 bridgehead atoms. The molecule has 0 radical (unpaired) electrons. The maximum atomic E-state index is 13.4. The van der Waals surface area contributed by atoms with E-state index >= 15 is 0 Å². The Morgan fingerprint density at radius 1 is 1.08 bits per heavy atom. The van der Waals surface area contributed by atoms with E-state index in [1.807, 2.05) is 36.6 Å². The lowest BCUT2D eigenvalue weighted by Gasteiger charge is -2.36. The Hall–Kier alpha value is -4.76. The van der Waals surface area contributed by atoms with Crippen molar-refractivity contribution >= 4 is 49.1 Å². The van der Waals surface area contributed by atoms with Crippen LogP contribution in [-0.2, 0) is 20.4 Å².